The summed E-state index contributed by atoms with van der Waals surface area (Å²) in [6.45, 7) is 5.37. The zero-order valence-corrected chi connectivity index (χ0v) is 21.2. The van der Waals surface area contributed by atoms with Gasteiger partial charge >= 0.3 is 0 Å². The molecule has 2 aromatic heterocycles. The second kappa shape index (κ2) is 11.6. The quantitative estimate of drug-likeness (QED) is 0.264. The molecule has 1 fully saturated rings. The van der Waals surface area contributed by atoms with Gasteiger partial charge in [-0.2, -0.15) is 0 Å². The first-order chi connectivity index (χ1) is 18.1. The van der Waals surface area contributed by atoms with Crippen molar-refractivity contribution in [2.24, 2.45) is 0 Å². The third-order valence-corrected chi connectivity index (χ3v) is 6.55. The first-order valence-corrected chi connectivity index (χ1v) is 12.7. The van der Waals surface area contributed by atoms with Gasteiger partial charge in [-0.15, -0.1) is 0 Å². The van der Waals surface area contributed by atoms with Gasteiger partial charge in [0.15, 0.2) is 0 Å². The smallest absolute Gasteiger partial charge is 0.149 e. The molecule has 1 aliphatic rings. The number of nitrogens with one attached hydrogen (secondary N) is 3. The highest BCUT2D eigenvalue weighted by molar-refractivity contribution is 5.72. The largest absolute Gasteiger partial charge is 0.396 e. The van der Waals surface area contributed by atoms with Crippen LogP contribution >= 0.6 is 0 Å². The van der Waals surface area contributed by atoms with Crippen LogP contribution in [0.1, 0.15) is 11.1 Å². The molecular weight excluding hydrogens is 460 g/mol. The monoisotopic (exact) mass is 494 g/mol. The number of piperazine rings is 1. The van der Waals surface area contributed by atoms with E-state index in [1.54, 1.807) is 12.4 Å². The maximum atomic E-state index is 6.25. The summed E-state index contributed by atoms with van der Waals surface area (Å²) >= 11 is 0. The van der Waals surface area contributed by atoms with Crippen molar-refractivity contribution < 1.29 is 0 Å². The molecule has 0 spiro atoms. The minimum Gasteiger partial charge on any atom is -0.396 e. The van der Waals surface area contributed by atoms with Crippen molar-refractivity contribution in [2.75, 3.05) is 59.8 Å². The van der Waals surface area contributed by atoms with Crippen molar-refractivity contribution in [1.29, 1.82) is 0 Å². The van der Waals surface area contributed by atoms with E-state index < -0.39 is 0 Å². The fourth-order valence-electron chi connectivity index (χ4n) is 4.36. The van der Waals surface area contributed by atoms with Gasteiger partial charge in [-0.05, 0) is 42.4 Å². The molecule has 5 N–H and O–H groups in total. The average molecular weight is 495 g/mol. The molecule has 4 aromatic rings. The average Bonchev–Trinajstić information content (AvgIpc) is 2.93. The number of nitrogens with zero attached hydrogens (tertiary/aromatic N) is 4. The molecule has 0 radical (unpaired) electrons. The molecule has 8 nitrogen and oxygen atoms in total. The fourth-order valence-corrected chi connectivity index (χ4v) is 4.36. The van der Waals surface area contributed by atoms with Crippen LogP contribution in [-0.2, 0) is 13.1 Å². The summed E-state index contributed by atoms with van der Waals surface area (Å²) in [5.41, 5.74) is 12.1. The van der Waals surface area contributed by atoms with E-state index in [-0.39, 0.29) is 0 Å². The Balaban J connectivity index is 1.23. The van der Waals surface area contributed by atoms with Crippen LogP contribution in [0, 0.1) is 0 Å². The number of anilines is 6. The summed E-state index contributed by atoms with van der Waals surface area (Å²) < 4.78 is 0. The molecule has 8 heteroatoms. The zero-order chi connectivity index (χ0) is 25.5. The van der Waals surface area contributed by atoms with Crippen molar-refractivity contribution in [3.05, 3.63) is 96.3 Å². The van der Waals surface area contributed by atoms with Gasteiger partial charge in [-0.3, -0.25) is 0 Å². The first-order valence-electron chi connectivity index (χ1n) is 12.7. The number of rotatable bonds is 9. The molecule has 0 aliphatic carbocycles. The van der Waals surface area contributed by atoms with Crippen LogP contribution in [0.5, 0.6) is 0 Å². The molecule has 0 unspecified atom stereocenters. The Bertz CT molecular complexity index is 1300. The number of aromatic nitrogens is 2. The van der Waals surface area contributed by atoms with Crippen molar-refractivity contribution >= 4 is 34.4 Å². The molecule has 0 saturated carbocycles. The summed E-state index contributed by atoms with van der Waals surface area (Å²) in [7, 11) is 2.15. The number of likely N-dealkylation sites (N-methyl/N-ethyl adjacent to an activating group) is 1. The van der Waals surface area contributed by atoms with E-state index in [9.17, 15) is 0 Å². The van der Waals surface area contributed by atoms with Gasteiger partial charge in [0.05, 0.1) is 23.3 Å². The molecule has 0 amide bonds. The lowest BCUT2D eigenvalue weighted by Crippen LogP contribution is -2.44. The van der Waals surface area contributed by atoms with E-state index in [2.05, 4.69) is 85.2 Å². The van der Waals surface area contributed by atoms with E-state index in [0.717, 1.165) is 60.4 Å². The highest BCUT2D eigenvalue weighted by Crippen LogP contribution is 2.26. The Morgan fingerprint density at radius 3 is 2.41 bits per heavy atom. The predicted molar refractivity (Wildman–Crippen MR) is 153 cm³/mol. The van der Waals surface area contributed by atoms with E-state index in [4.69, 9.17) is 5.73 Å². The van der Waals surface area contributed by atoms with Crippen molar-refractivity contribution in [3.63, 3.8) is 0 Å². The number of benzene rings is 2. The molecule has 1 aliphatic heterocycles. The highest BCUT2D eigenvalue weighted by Gasteiger charge is 2.16. The molecule has 0 bridgehead atoms. The number of nitrogens with two attached hydrogens (primary N) is 1. The normalized spacial score (nSPS) is 13.8. The number of hydrogen-bond donors (Lipinski definition) is 4. The highest BCUT2D eigenvalue weighted by atomic mass is 15.3. The second-order valence-electron chi connectivity index (χ2n) is 9.34. The van der Waals surface area contributed by atoms with Crippen molar-refractivity contribution in [3.8, 4) is 0 Å². The minimum absolute atomic E-state index is 0.650. The lowest BCUT2D eigenvalue weighted by Gasteiger charge is -2.33. The van der Waals surface area contributed by atoms with Gasteiger partial charge in [0.25, 0.3) is 0 Å². The summed E-state index contributed by atoms with van der Waals surface area (Å²) in [5.74, 6) is 1.78. The molecule has 0 atom stereocenters. The Morgan fingerprint density at radius 2 is 1.57 bits per heavy atom. The van der Waals surface area contributed by atoms with Gasteiger partial charge < -0.3 is 31.5 Å². The maximum Gasteiger partial charge on any atom is 0.149 e. The standard InChI is InChI=1S/C29H34N8/c1-36-13-15-37(16-14-36)28-18-27(25(30)21-33-28)32-20-23-9-5-10-24(17-23)35-26-11-6-12-31-29(26)34-19-22-7-3-2-4-8-22/h2-12,17-18,21,35H,13-16,19-20,30H2,1H3,(H,31,34)(H,32,33). The van der Waals surface area contributed by atoms with E-state index in [1.807, 2.05) is 30.3 Å². The summed E-state index contributed by atoms with van der Waals surface area (Å²) in [6, 6.07) is 24.7. The number of pyridine rings is 2. The van der Waals surface area contributed by atoms with Crippen LogP contribution in [0.15, 0.2) is 85.2 Å². The van der Waals surface area contributed by atoms with Crippen molar-refractivity contribution in [1.82, 2.24) is 14.9 Å². The van der Waals surface area contributed by atoms with Crippen molar-refractivity contribution in [2.45, 2.75) is 13.1 Å². The van der Waals surface area contributed by atoms with Crippen LogP contribution in [0.25, 0.3) is 0 Å². The van der Waals surface area contributed by atoms with Gasteiger partial charge in [0.1, 0.15) is 11.6 Å². The number of hydrogen-bond acceptors (Lipinski definition) is 8. The van der Waals surface area contributed by atoms with E-state index in [1.165, 1.54) is 5.56 Å². The van der Waals surface area contributed by atoms with Gasteiger partial charge in [-0.1, -0.05) is 42.5 Å². The number of nitrogen functional groups attached to an aromatic ring is 1. The molecule has 2 aromatic carbocycles. The van der Waals surface area contributed by atoms with Crippen LogP contribution in [0.4, 0.5) is 34.4 Å². The molecule has 37 heavy (non-hydrogen) atoms. The Labute approximate surface area is 218 Å². The van der Waals surface area contributed by atoms with E-state index in [0.29, 0.717) is 18.8 Å². The SMILES string of the molecule is CN1CCN(c2cc(NCc3cccc(Nc4cccnc4NCc4ccccc4)c3)c(N)cn2)CC1. The maximum absolute atomic E-state index is 6.25. The lowest BCUT2D eigenvalue weighted by atomic mass is 10.2. The Kier molecular flexibility index (Phi) is 7.66. The Hall–Kier alpha value is -4.30. The topological polar surface area (TPSA) is 94.4 Å². The summed E-state index contributed by atoms with van der Waals surface area (Å²) in [5, 5.41) is 10.5. The zero-order valence-electron chi connectivity index (χ0n) is 21.2. The third kappa shape index (κ3) is 6.48. The van der Waals surface area contributed by atoms with Crippen LogP contribution < -0.4 is 26.6 Å². The van der Waals surface area contributed by atoms with Crippen LogP contribution in [-0.4, -0.2) is 48.1 Å². The van der Waals surface area contributed by atoms with Crippen LogP contribution in [0.3, 0.4) is 0 Å². The second-order valence-corrected chi connectivity index (χ2v) is 9.34. The Morgan fingerprint density at radius 1 is 0.784 bits per heavy atom. The summed E-state index contributed by atoms with van der Waals surface area (Å²) in [6.07, 6.45) is 3.55. The predicted octanol–water partition coefficient (Wildman–Crippen LogP) is 4.78. The molecule has 5 rings (SSSR count). The van der Waals surface area contributed by atoms with Gasteiger partial charge in [0, 0.05) is 57.2 Å². The molecule has 190 valence electrons. The third-order valence-electron chi connectivity index (χ3n) is 6.55. The van der Waals surface area contributed by atoms with E-state index >= 15 is 0 Å². The molecule has 1 saturated heterocycles. The minimum atomic E-state index is 0.650. The van der Waals surface area contributed by atoms with Crippen LogP contribution in [0.2, 0.25) is 0 Å². The van der Waals surface area contributed by atoms with Gasteiger partial charge in [0.2, 0.25) is 0 Å². The lowest BCUT2D eigenvalue weighted by molar-refractivity contribution is 0.312. The molecular formula is C29H34N8. The van der Waals surface area contributed by atoms with Gasteiger partial charge in [-0.25, -0.2) is 9.97 Å². The summed E-state index contributed by atoms with van der Waals surface area (Å²) in [4.78, 5) is 13.8. The fraction of sp³-hybridized carbons (Fsp3) is 0.241. The first kappa shape index (κ1) is 24.4. The molecule has 3 heterocycles.